The van der Waals surface area contributed by atoms with Crippen molar-refractivity contribution < 1.29 is 9.90 Å². The molecule has 0 aliphatic carbocycles. The average Bonchev–Trinajstić information content (AvgIpc) is 2.84. The third kappa shape index (κ3) is 2.71. The molecule has 0 saturated carbocycles. The van der Waals surface area contributed by atoms with Crippen LogP contribution in [0.5, 0.6) is 0 Å². The SMILES string of the molecule is Cc1ccsc1-c1csc(C(N)CC(=O)O)n1. The normalized spacial score (nSPS) is 12.6. The van der Waals surface area contributed by atoms with Crippen LogP contribution >= 0.6 is 22.7 Å². The van der Waals surface area contributed by atoms with Gasteiger partial charge >= 0.3 is 5.97 Å². The Kier molecular flexibility index (Phi) is 3.56. The van der Waals surface area contributed by atoms with Gasteiger partial charge in [-0.15, -0.1) is 22.7 Å². The van der Waals surface area contributed by atoms with Gasteiger partial charge in [-0.05, 0) is 23.9 Å². The van der Waals surface area contributed by atoms with Crippen molar-refractivity contribution in [2.24, 2.45) is 5.73 Å². The van der Waals surface area contributed by atoms with Gasteiger partial charge in [-0.2, -0.15) is 0 Å². The van der Waals surface area contributed by atoms with Gasteiger partial charge in [-0.25, -0.2) is 4.98 Å². The molecule has 0 fully saturated rings. The van der Waals surface area contributed by atoms with E-state index in [1.54, 1.807) is 11.3 Å². The van der Waals surface area contributed by atoms with Crippen LogP contribution < -0.4 is 5.73 Å². The van der Waals surface area contributed by atoms with Crippen molar-refractivity contribution in [1.82, 2.24) is 4.98 Å². The molecule has 0 saturated heterocycles. The van der Waals surface area contributed by atoms with Crippen LogP contribution in [0, 0.1) is 6.92 Å². The molecular weight excluding hydrogens is 256 g/mol. The van der Waals surface area contributed by atoms with Gasteiger partial charge in [0.1, 0.15) is 5.01 Å². The highest BCUT2D eigenvalue weighted by Crippen LogP contribution is 2.31. The van der Waals surface area contributed by atoms with Crippen LogP contribution in [-0.2, 0) is 4.79 Å². The highest BCUT2D eigenvalue weighted by molar-refractivity contribution is 7.14. The zero-order valence-corrected chi connectivity index (χ0v) is 10.8. The van der Waals surface area contributed by atoms with Crippen molar-refractivity contribution >= 4 is 28.6 Å². The molecule has 0 aliphatic heterocycles. The number of thiophene rings is 1. The van der Waals surface area contributed by atoms with E-state index in [1.165, 1.54) is 16.9 Å². The molecule has 3 N–H and O–H groups in total. The number of thiazole rings is 1. The number of hydrogen-bond donors (Lipinski definition) is 2. The lowest BCUT2D eigenvalue weighted by Crippen LogP contribution is -2.14. The largest absolute Gasteiger partial charge is 0.481 e. The smallest absolute Gasteiger partial charge is 0.305 e. The number of rotatable bonds is 4. The molecule has 17 heavy (non-hydrogen) atoms. The van der Waals surface area contributed by atoms with E-state index in [9.17, 15) is 4.79 Å². The van der Waals surface area contributed by atoms with E-state index in [0.717, 1.165) is 10.6 Å². The van der Waals surface area contributed by atoms with Gasteiger partial charge in [0.25, 0.3) is 0 Å². The van der Waals surface area contributed by atoms with Crippen LogP contribution in [0.15, 0.2) is 16.8 Å². The Morgan fingerprint density at radius 3 is 2.94 bits per heavy atom. The number of nitrogens with two attached hydrogens (primary N) is 1. The summed E-state index contributed by atoms with van der Waals surface area (Å²) in [6.45, 7) is 2.03. The van der Waals surface area contributed by atoms with E-state index in [4.69, 9.17) is 10.8 Å². The maximum Gasteiger partial charge on any atom is 0.305 e. The number of aryl methyl sites for hydroxylation is 1. The summed E-state index contributed by atoms with van der Waals surface area (Å²) in [5, 5.41) is 13.3. The molecule has 2 aromatic heterocycles. The van der Waals surface area contributed by atoms with E-state index < -0.39 is 12.0 Å². The summed E-state index contributed by atoms with van der Waals surface area (Å²) in [6.07, 6.45) is -0.0869. The van der Waals surface area contributed by atoms with Crippen molar-refractivity contribution in [3.8, 4) is 10.6 Å². The molecule has 2 rings (SSSR count). The highest BCUT2D eigenvalue weighted by Gasteiger charge is 2.16. The number of nitrogens with zero attached hydrogens (tertiary/aromatic N) is 1. The second-order valence-electron chi connectivity index (χ2n) is 3.71. The molecule has 0 aromatic carbocycles. The number of aliphatic carboxylic acids is 1. The van der Waals surface area contributed by atoms with Crippen LogP contribution in [0.3, 0.4) is 0 Å². The lowest BCUT2D eigenvalue weighted by atomic mass is 10.2. The summed E-state index contributed by atoms with van der Waals surface area (Å²) in [5.41, 5.74) is 7.84. The molecule has 0 bridgehead atoms. The lowest BCUT2D eigenvalue weighted by Gasteiger charge is -2.03. The summed E-state index contributed by atoms with van der Waals surface area (Å²) in [6, 6.07) is 1.52. The second kappa shape index (κ2) is 4.95. The number of carboxylic acid groups (broad SMARTS) is 1. The first-order valence-electron chi connectivity index (χ1n) is 5.05. The van der Waals surface area contributed by atoms with Gasteiger partial charge < -0.3 is 10.8 Å². The van der Waals surface area contributed by atoms with Crippen molar-refractivity contribution in [1.29, 1.82) is 0 Å². The van der Waals surface area contributed by atoms with Crippen molar-refractivity contribution in [2.45, 2.75) is 19.4 Å². The first-order valence-corrected chi connectivity index (χ1v) is 6.81. The molecule has 2 heterocycles. The Hall–Kier alpha value is -1.24. The number of carboxylic acids is 1. The van der Waals surface area contributed by atoms with Crippen molar-refractivity contribution in [3.05, 3.63) is 27.4 Å². The predicted molar refractivity (Wildman–Crippen MR) is 69.3 cm³/mol. The molecule has 1 unspecified atom stereocenters. The number of aromatic nitrogens is 1. The fraction of sp³-hybridized carbons (Fsp3) is 0.273. The minimum atomic E-state index is -0.901. The highest BCUT2D eigenvalue weighted by atomic mass is 32.1. The Balaban J connectivity index is 2.22. The summed E-state index contributed by atoms with van der Waals surface area (Å²) in [4.78, 5) is 16.1. The molecule has 0 radical (unpaired) electrons. The number of carbonyl (C=O) groups is 1. The quantitative estimate of drug-likeness (QED) is 0.893. The maximum absolute atomic E-state index is 10.6. The van der Waals surface area contributed by atoms with E-state index >= 15 is 0 Å². The summed E-state index contributed by atoms with van der Waals surface area (Å²) in [7, 11) is 0. The van der Waals surface area contributed by atoms with E-state index in [1.807, 2.05) is 23.8 Å². The molecule has 0 spiro atoms. The first-order chi connectivity index (χ1) is 8.08. The number of hydrogen-bond acceptors (Lipinski definition) is 5. The van der Waals surface area contributed by atoms with Crippen molar-refractivity contribution in [3.63, 3.8) is 0 Å². The third-order valence-electron chi connectivity index (χ3n) is 2.33. The second-order valence-corrected chi connectivity index (χ2v) is 5.51. The average molecular weight is 268 g/mol. The van der Waals surface area contributed by atoms with E-state index in [2.05, 4.69) is 4.98 Å². The Morgan fingerprint density at radius 1 is 1.59 bits per heavy atom. The fourth-order valence-corrected chi connectivity index (χ4v) is 3.25. The molecule has 0 amide bonds. The zero-order valence-electron chi connectivity index (χ0n) is 9.21. The Labute approximate surface area is 107 Å². The first kappa shape index (κ1) is 12.2. The summed E-state index contributed by atoms with van der Waals surface area (Å²) < 4.78 is 0. The Morgan fingerprint density at radius 2 is 2.35 bits per heavy atom. The van der Waals surface area contributed by atoms with Gasteiger partial charge in [0.05, 0.1) is 23.0 Å². The monoisotopic (exact) mass is 268 g/mol. The van der Waals surface area contributed by atoms with Gasteiger partial charge in [0.15, 0.2) is 0 Å². The standard InChI is InChI=1S/C11H12N2O2S2/c1-6-2-3-16-10(6)8-5-17-11(13-8)7(12)4-9(14)15/h2-3,5,7H,4,12H2,1H3,(H,14,15). The van der Waals surface area contributed by atoms with Gasteiger partial charge in [0, 0.05) is 5.38 Å². The van der Waals surface area contributed by atoms with Crippen LogP contribution in [0.1, 0.15) is 23.0 Å². The minimum absolute atomic E-state index is 0.0869. The molecule has 0 aliphatic rings. The Bertz CT molecular complexity index is 533. The van der Waals surface area contributed by atoms with E-state index in [0.29, 0.717) is 5.01 Å². The molecule has 2 aromatic rings. The fourth-order valence-electron chi connectivity index (χ4n) is 1.47. The lowest BCUT2D eigenvalue weighted by molar-refractivity contribution is -0.137. The van der Waals surface area contributed by atoms with Gasteiger partial charge in [0.2, 0.25) is 0 Å². The van der Waals surface area contributed by atoms with Crippen LogP contribution in [0.4, 0.5) is 0 Å². The minimum Gasteiger partial charge on any atom is -0.481 e. The van der Waals surface area contributed by atoms with E-state index in [-0.39, 0.29) is 6.42 Å². The van der Waals surface area contributed by atoms with Gasteiger partial charge in [-0.1, -0.05) is 0 Å². The van der Waals surface area contributed by atoms with Crippen LogP contribution in [0.25, 0.3) is 10.6 Å². The predicted octanol–water partition coefficient (Wildman–Crippen LogP) is 2.65. The molecule has 4 nitrogen and oxygen atoms in total. The van der Waals surface area contributed by atoms with Crippen LogP contribution in [-0.4, -0.2) is 16.1 Å². The zero-order chi connectivity index (χ0) is 12.4. The topological polar surface area (TPSA) is 76.2 Å². The molecule has 6 heteroatoms. The summed E-state index contributed by atoms with van der Waals surface area (Å²) in [5.74, 6) is -0.901. The molecular formula is C11H12N2O2S2. The molecule has 1 atom stereocenters. The summed E-state index contributed by atoms with van der Waals surface area (Å²) >= 11 is 3.04. The van der Waals surface area contributed by atoms with Crippen LogP contribution in [0.2, 0.25) is 0 Å². The van der Waals surface area contributed by atoms with Gasteiger partial charge in [-0.3, -0.25) is 4.79 Å². The van der Waals surface area contributed by atoms with Crippen molar-refractivity contribution in [2.75, 3.05) is 0 Å². The maximum atomic E-state index is 10.6. The third-order valence-corrected chi connectivity index (χ3v) is 4.34. The molecule has 90 valence electrons.